The number of nitrogens with zero attached hydrogens (tertiary/aromatic N) is 2. The van der Waals surface area contributed by atoms with Crippen LogP contribution in [0.25, 0.3) is 5.65 Å². The van der Waals surface area contributed by atoms with Crippen LogP contribution in [0.1, 0.15) is 32.2 Å². The molecule has 0 aliphatic rings. The predicted octanol–water partition coefficient (Wildman–Crippen LogP) is 3.21. The number of esters is 1. The highest BCUT2D eigenvalue weighted by Gasteiger charge is 2.12. The Hall–Kier alpha value is -4.40. The summed E-state index contributed by atoms with van der Waals surface area (Å²) in [7, 11) is 1.55. The molecule has 2 heterocycles. The third-order valence-corrected chi connectivity index (χ3v) is 4.61. The lowest BCUT2D eigenvalue weighted by Gasteiger charge is -2.08. The molecule has 2 aromatic carbocycles. The number of fused-ring (bicyclic) bond motifs is 1. The lowest BCUT2D eigenvalue weighted by Crippen LogP contribution is -2.15. The normalized spacial score (nSPS) is 10.7. The van der Waals surface area contributed by atoms with Crippen LogP contribution in [-0.4, -0.2) is 28.5 Å². The van der Waals surface area contributed by atoms with Gasteiger partial charge in [0.05, 0.1) is 18.4 Å². The Balaban J connectivity index is 1.37. The molecule has 0 aliphatic carbocycles. The van der Waals surface area contributed by atoms with Crippen LogP contribution in [-0.2, 0) is 11.3 Å². The van der Waals surface area contributed by atoms with Gasteiger partial charge in [-0.05, 0) is 55.5 Å². The molecule has 9 nitrogen and oxygen atoms in total. The van der Waals surface area contributed by atoms with Crippen molar-refractivity contribution >= 4 is 23.2 Å². The largest absolute Gasteiger partial charge is 0.497 e. The summed E-state index contributed by atoms with van der Waals surface area (Å²) in [4.78, 5) is 40.9. The molecule has 0 atom stereocenters. The first-order valence-corrected chi connectivity index (χ1v) is 9.65. The van der Waals surface area contributed by atoms with Crippen molar-refractivity contribution in [1.29, 1.82) is 0 Å². The maximum Gasteiger partial charge on any atom is 0.338 e. The molecule has 0 spiro atoms. The summed E-state index contributed by atoms with van der Waals surface area (Å²) in [5.74, 6) is 0.334. The third-order valence-electron chi connectivity index (χ3n) is 4.61. The molecule has 0 aliphatic heterocycles. The van der Waals surface area contributed by atoms with E-state index in [0.717, 1.165) is 4.57 Å². The molecule has 9 heteroatoms. The van der Waals surface area contributed by atoms with Crippen LogP contribution in [0.2, 0.25) is 0 Å². The van der Waals surface area contributed by atoms with E-state index in [-0.39, 0.29) is 12.5 Å². The minimum atomic E-state index is -0.580. The number of hydrogen-bond acceptors (Lipinski definition) is 7. The zero-order valence-corrected chi connectivity index (χ0v) is 17.3. The zero-order valence-electron chi connectivity index (χ0n) is 17.3. The second-order valence-corrected chi connectivity index (χ2v) is 6.92. The Morgan fingerprint density at radius 2 is 1.72 bits per heavy atom. The van der Waals surface area contributed by atoms with E-state index in [9.17, 15) is 14.4 Å². The fourth-order valence-corrected chi connectivity index (χ4v) is 3.01. The van der Waals surface area contributed by atoms with Gasteiger partial charge in [0.15, 0.2) is 5.65 Å². The van der Waals surface area contributed by atoms with Gasteiger partial charge in [0.2, 0.25) is 0 Å². The molecule has 0 fully saturated rings. The smallest absolute Gasteiger partial charge is 0.338 e. The summed E-state index contributed by atoms with van der Waals surface area (Å²) in [5, 5.41) is 2.76. The highest BCUT2D eigenvalue weighted by Crippen LogP contribution is 2.15. The van der Waals surface area contributed by atoms with Gasteiger partial charge in [0.25, 0.3) is 11.5 Å². The van der Waals surface area contributed by atoms with E-state index in [0.29, 0.717) is 39.7 Å². The number of anilines is 1. The summed E-state index contributed by atoms with van der Waals surface area (Å²) in [6.07, 6.45) is 0. The molecule has 0 unspecified atom stereocenters. The summed E-state index contributed by atoms with van der Waals surface area (Å²) in [6.45, 7) is 1.54. The quantitative estimate of drug-likeness (QED) is 0.465. The molecule has 0 saturated heterocycles. The number of methoxy groups -OCH3 is 1. The summed E-state index contributed by atoms with van der Waals surface area (Å²) < 4.78 is 16.6. The number of aromatic nitrogens is 2. The molecule has 162 valence electrons. The van der Waals surface area contributed by atoms with Gasteiger partial charge in [0, 0.05) is 23.4 Å². The summed E-state index contributed by atoms with van der Waals surface area (Å²) in [5.41, 5.74) is 1.56. The van der Waals surface area contributed by atoms with Crippen LogP contribution in [0.3, 0.4) is 0 Å². The van der Waals surface area contributed by atoms with Crippen LogP contribution in [0, 0.1) is 6.92 Å². The number of rotatable bonds is 6. The van der Waals surface area contributed by atoms with Gasteiger partial charge in [-0.3, -0.25) is 9.59 Å². The molecule has 0 radical (unpaired) electrons. The molecule has 32 heavy (non-hydrogen) atoms. The van der Waals surface area contributed by atoms with Crippen molar-refractivity contribution in [1.82, 2.24) is 9.56 Å². The van der Waals surface area contributed by atoms with Crippen LogP contribution in [0.5, 0.6) is 5.75 Å². The second-order valence-electron chi connectivity index (χ2n) is 6.92. The lowest BCUT2D eigenvalue weighted by molar-refractivity contribution is 0.0467. The monoisotopic (exact) mass is 433 g/mol. The van der Waals surface area contributed by atoms with Crippen molar-refractivity contribution in [2.75, 3.05) is 12.4 Å². The second kappa shape index (κ2) is 8.76. The Labute approximate surface area is 182 Å². The van der Waals surface area contributed by atoms with Gasteiger partial charge >= 0.3 is 5.97 Å². The van der Waals surface area contributed by atoms with Crippen molar-refractivity contribution in [3.8, 4) is 5.75 Å². The number of aryl methyl sites for hydroxylation is 1. The number of nitrogens with one attached hydrogen (secondary N) is 1. The van der Waals surface area contributed by atoms with E-state index in [4.69, 9.17) is 14.0 Å². The van der Waals surface area contributed by atoms with Crippen LogP contribution in [0.4, 0.5) is 5.69 Å². The molecule has 0 bridgehead atoms. The van der Waals surface area contributed by atoms with Gasteiger partial charge in [-0.1, -0.05) is 0 Å². The Morgan fingerprint density at radius 3 is 2.41 bits per heavy atom. The fraction of sp³-hybridized carbons (Fsp3) is 0.130. The number of carbonyl (C=O) groups is 2. The standard InChI is InChI=1S/C23H19N3O6/c1-14-11-20-24-18(12-21(27)26(20)32-14)13-31-23(29)16-3-7-17(8-4-16)25-22(28)15-5-9-19(30-2)10-6-15/h3-12H,13H2,1-2H3,(H,25,28). The van der Waals surface area contributed by atoms with E-state index in [1.165, 1.54) is 18.2 Å². The molecule has 1 N–H and O–H groups in total. The number of ether oxygens (including phenoxy) is 2. The van der Waals surface area contributed by atoms with Crippen molar-refractivity contribution in [2.24, 2.45) is 0 Å². The van der Waals surface area contributed by atoms with Gasteiger partial charge < -0.3 is 19.3 Å². The maximum absolute atomic E-state index is 12.3. The molecule has 4 aromatic rings. The Kier molecular flexibility index (Phi) is 5.71. The Morgan fingerprint density at radius 1 is 1.03 bits per heavy atom. The predicted molar refractivity (Wildman–Crippen MR) is 115 cm³/mol. The number of amides is 1. The number of carbonyl (C=O) groups excluding carboxylic acids is 2. The van der Waals surface area contributed by atoms with Crippen molar-refractivity contribution in [2.45, 2.75) is 13.5 Å². The number of hydrogen-bond donors (Lipinski definition) is 1. The summed E-state index contributed by atoms with van der Waals surface area (Å²) in [6, 6.07) is 15.8. The van der Waals surface area contributed by atoms with Gasteiger partial charge in [0.1, 0.15) is 18.1 Å². The maximum atomic E-state index is 12.3. The molecular formula is C23H19N3O6. The SMILES string of the molecule is COc1ccc(C(=O)Nc2ccc(C(=O)OCc3cc(=O)n4oc(C)cc4n3)cc2)cc1. The first-order chi connectivity index (χ1) is 15.4. The van der Waals surface area contributed by atoms with Crippen molar-refractivity contribution < 1.29 is 23.6 Å². The lowest BCUT2D eigenvalue weighted by atomic mass is 10.1. The van der Waals surface area contributed by atoms with E-state index >= 15 is 0 Å². The molecule has 4 rings (SSSR count). The average molecular weight is 433 g/mol. The first-order valence-electron chi connectivity index (χ1n) is 9.65. The summed E-state index contributed by atoms with van der Waals surface area (Å²) >= 11 is 0. The van der Waals surface area contributed by atoms with Crippen molar-refractivity contribution in [3.63, 3.8) is 0 Å². The van der Waals surface area contributed by atoms with Gasteiger partial charge in [-0.25, -0.2) is 9.78 Å². The van der Waals surface area contributed by atoms with Crippen LogP contribution in [0.15, 0.2) is 70.0 Å². The molecule has 0 saturated carbocycles. The zero-order chi connectivity index (χ0) is 22.7. The first kappa shape index (κ1) is 20.9. The van der Waals surface area contributed by atoms with Crippen LogP contribution >= 0.6 is 0 Å². The Bertz CT molecular complexity index is 1340. The topological polar surface area (TPSA) is 112 Å². The van der Waals surface area contributed by atoms with E-state index in [2.05, 4.69) is 10.3 Å². The highest BCUT2D eigenvalue weighted by atomic mass is 16.5. The average Bonchev–Trinajstić information content (AvgIpc) is 3.19. The van der Waals surface area contributed by atoms with E-state index < -0.39 is 11.5 Å². The molecule has 1 amide bonds. The van der Waals surface area contributed by atoms with Crippen LogP contribution < -0.4 is 15.6 Å². The van der Waals surface area contributed by atoms with E-state index in [1.54, 1.807) is 56.5 Å². The number of benzene rings is 2. The van der Waals surface area contributed by atoms with Crippen molar-refractivity contribution in [3.05, 3.63) is 93.6 Å². The van der Waals surface area contributed by atoms with Gasteiger partial charge in [-0.15, -0.1) is 4.57 Å². The third kappa shape index (κ3) is 4.51. The minimum absolute atomic E-state index is 0.162. The minimum Gasteiger partial charge on any atom is -0.497 e. The highest BCUT2D eigenvalue weighted by molar-refractivity contribution is 6.04. The van der Waals surface area contributed by atoms with Gasteiger partial charge in [-0.2, -0.15) is 0 Å². The molecular weight excluding hydrogens is 414 g/mol. The van der Waals surface area contributed by atoms with E-state index in [1.807, 2.05) is 0 Å². The molecule has 2 aromatic heterocycles. The fourth-order valence-electron chi connectivity index (χ4n) is 3.01.